The van der Waals surface area contributed by atoms with Gasteiger partial charge in [-0.3, -0.25) is 4.79 Å². The quantitative estimate of drug-likeness (QED) is 0.842. The first-order chi connectivity index (χ1) is 8.08. The van der Waals surface area contributed by atoms with E-state index in [1.807, 2.05) is 13.0 Å². The molecule has 0 aliphatic carbocycles. The monoisotopic (exact) mass is 233 g/mol. The molecule has 0 spiro atoms. The van der Waals surface area contributed by atoms with Gasteiger partial charge in [0.15, 0.2) is 0 Å². The fourth-order valence-electron chi connectivity index (χ4n) is 1.40. The summed E-state index contributed by atoms with van der Waals surface area (Å²) in [5.74, 6) is -0.262. The number of ether oxygens (including phenoxy) is 1. The second kappa shape index (κ2) is 5.97. The number of nitrogens with zero attached hydrogens (tertiary/aromatic N) is 2. The number of aromatic nitrogens is 1. The first kappa shape index (κ1) is 13.1. The van der Waals surface area contributed by atoms with Gasteiger partial charge < -0.3 is 10.1 Å². The largest absolute Gasteiger partial charge is 0.383 e. The van der Waals surface area contributed by atoms with Gasteiger partial charge >= 0.3 is 0 Å². The van der Waals surface area contributed by atoms with Gasteiger partial charge in [0.05, 0.1) is 17.9 Å². The zero-order valence-electron chi connectivity index (χ0n) is 10.2. The molecule has 1 atom stereocenters. The lowest BCUT2D eigenvalue weighted by atomic mass is 10.2. The number of hydrogen-bond acceptors (Lipinski definition) is 4. The average molecular weight is 233 g/mol. The molecule has 0 saturated carbocycles. The molecule has 5 nitrogen and oxygen atoms in total. The van der Waals surface area contributed by atoms with Gasteiger partial charge in [0.2, 0.25) is 0 Å². The molecular weight excluding hydrogens is 218 g/mol. The molecule has 0 fully saturated rings. The van der Waals surface area contributed by atoms with Crippen molar-refractivity contribution in [2.24, 2.45) is 0 Å². The Hall–Kier alpha value is -1.93. The van der Waals surface area contributed by atoms with Crippen LogP contribution in [-0.4, -0.2) is 30.6 Å². The third kappa shape index (κ3) is 3.54. The van der Waals surface area contributed by atoms with Gasteiger partial charge in [-0.05, 0) is 26.0 Å². The predicted molar refractivity (Wildman–Crippen MR) is 62.5 cm³/mol. The summed E-state index contributed by atoms with van der Waals surface area (Å²) < 4.78 is 4.92. The minimum Gasteiger partial charge on any atom is -0.383 e. The first-order valence-corrected chi connectivity index (χ1v) is 5.26. The summed E-state index contributed by atoms with van der Waals surface area (Å²) in [6.45, 7) is 3.99. The van der Waals surface area contributed by atoms with Crippen LogP contribution < -0.4 is 5.32 Å². The van der Waals surface area contributed by atoms with E-state index < -0.39 is 0 Å². The van der Waals surface area contributed by atoms with Gasteiger partial charge in [-0.1, -0.05) is 0 Å². The molecule has 5 heteroatoms. The molecule has 0 radical (unpaired) electrons. The van der Waals surface area contributed by atoms with E-state index in [0.29, 0.717) is 23.6 Å². The number of carbonyl (C=O) groups is 1. The van der Waals surface area contributed by atoms with Crippen LogP contribution in [0, 0.1) is 18.3 Å². The van der Waals surface area contributed by atoms with Crippen molar-refractivity contribution >= 4 is 5.91 Å². The Balaban J connectivity index is 2.77. The molecule has 0 aromatic carbocycles. The van der Waals surface area contributed by atoms with Crippen LogP contribution in [0.25, 0.3) is 0 Å². The molecule has 0 aliphatic heterocycles. The van der Waals surface area contributed by atoms with Crippen molar-refractivity contribution in [3.63, 3.8) is 0 Å². The second-order valence-corrected chi connectivity index (χ2v) is 3.77. The number of methoxy groups -OCH3 is 1. The highest BCUT2D eigenvalue weighted by atomic mass is 16.5. The number of hydrogen-bond donors (Lipinski definition) is 1. The summed E-state index contributed by atoms with van der Waals surface area (Å²) >= 11 is 0. The summed E-state index contributed by atoms with van der Waals surface area (Å²) in [5, 5.41) is 11.5. The van der Waals surface area contributed by atoms with Gasteiger partial charge in [-0.2, -0.15) is 5.26 Å². The highest BCUT2D eigenvalue weighted by molar-refractivity contribution is 5.92. The molecule has 1 aromatic rings. The number of amides is 1. The normalized spacial score (nSPS) is 11.6. The fourth-order valence-corrected chi connectivity index (χ4v) is 1.40. The molecule has 17 heavy (non-hydrogen) atoms. The lowest BCUT2D eigenvalue weighted by Crippen LogP contribution is -2.36. The summed E-state index contributed by atoms with van der Waals surface area (Å²) in [7, 11) is 1.58. The summed E-state index contributed by atoms with van der Waals surface area (Å²) in [6, 6.07) is 5.07. The number of rotatable bonds is 4. The van der Waals surface area contributed by atoms with Crippen LogP contribution in [0.15, 0.2) is 12.1 Å². The van der Waals surface area contributed by atoms with E-state index >= 15 is 0 Å². The smallest absolute Gasteiger partial charge is 0.270 e. The maximum absolute atomic E-state index is 11.8. The predicted octanol–water partition coefficient (Wildman–Crippen LogP) is 1.03. The van der Waals surface area contributed by atoms with E-state index in [-0.39, 0.29) is 11.9 Å². The molecule has 0 bridgehead atoms. The van der Waals surface area contributed by atoms with Crippen LogP contribution in [0.1, 0.15) is 28.7 Å². The lowest BCUT2D eigenvalue weighted by Gasteiger charge is -2.12. The number of nitriles is 1. The topological polar surface area (TPSA) is 75.0 Å². The summed E-state index contributed by atoms with van der Waals surface area (Å²) in [4.78, 5) is 15.9. The molecule has 1 aromatic heterocycles. The number of carbonyl (C=O) groups excluding carboxylic acids is 1. The molecule has 0 unspecified atom stereocenters. The van der Waals surface area contributed by atoms with Crippen LogP contribution in [0.4, 0.5) is 0 Å². The highest BCUT2D eigenvalue weighted by Gasteiger charge is 2.12. The SMILES string of the molecule is COC[C@@H](C)NC(=O)c1ccc(C#N)c(C)n1. The van der Waals surface area contributed by atoms with Crippen molar-refractivity contribution < 1.29 is 9.53 Å². The molecule has 1 N–H and O–H groups in total. The minimum absolute atomic E-state index is 0.0785. The third-order valence-electron chi connectivity index (χ3n) is 2.23. The van der Waals surface area contributed by atoms with Gasteiger partial charge in [0, 0.05) is 13.2 Å². The summed E-state index contributed by atoms with van der Waals surface area (Å²) in [5.41, 5.74) is 1.34. The number of aryl methyl sites for hydroxylation is 1. The molecule has 0 aliphatic rings. The molecular formula is C12H15N3O2. The van der Waals surface area contributed by atoms with Crippen molar-refractivity contribution in [1.29, 1.82) is 5.26 Å². The second-order valence-electron chi connectivity index (χ2n) is 3.77. The van der Waals surface area contributed by atoms with Crippen LogP contribution in [0.3, 0.4) is 0 Å². The molecule has 90 valence electrons. The lowest BCUT2D eigenvalue weighted by molar-refractivity contribution is 0.0900. The molecule has 1 amide bonds. The van der Waals surface area contributed by atoms with E-state index in [1.54, 1.807) is 26.2 Å². The summed E-state index contributed by atoms with van der Waals surface area (Å²) in [6.07, 6.45) is 0. The highest BCUT2D eigenvalue weighted by Crippen LogP contribution is 2.05. The number of nitrogens with one attached hydrogen (secondary N) is 1. The van der Waals surface area contributed by atoms with E-state index in [1.165, 1.54) is 0 Å². The van der Waals surface area contributed by atoms with Crippen LogP contribution in [0.2, 0.25) is 0 Å². The van der Waals surface area contributed by atoms with Crippen LogP contribution in [-0.2, 0) is 4.74 Å². The van der Waals surface area contributed by atoms with Crippen molar-refractivity contribution in [1.82, 2.24) is 10.3 Å². The Bertz CT molecular complexity index is 452. The van der Waals surface area contributed by atoms with Gasteiger partial charge in [0.25, 0.3) is 5.91 Å². The maximum Gasteiger partial charge on any atom is 0.270 e. The van der Waals surface area contributed by atoms with Crippen LogP contribution in [0.5, 0.6) is 0 Å². The Kier molecular flexibility index (Phi) is 4.61. The van der Waals surface area contributed by atoms with E-state index in [4.69, 9.17) is 10.00 Å². The average Bonchev–Trinajstić information content (AvgIpc) is 2.29. The van der Waals surface area contributed by atoms with Crippen molar-refractivity contribution in [3.05, 3.63) is 29.1 Å². The van der Waals surface area contributed by atoms with Crippen LogP contribution >= 0.6 is 0 Å². The van der Waals surface area contributed by atoms with Crippen molar-refractivity contribution in [2.75, 3.05) is 13.7 Å². The fraction of sp³-hybridized carbons (Fsp3) is 0.417. The van der Waals surface area contributed by atoms with Crippen molar-refractivity contribution in [2.45, 2.75) is 19.9 Å². The van der Waals surface area contributed by atoms with Gasteiger partial charge in [-0.25, -0.2) is 4.98 Å². The molecule has 1 heterocycles. The molecule has 1 rings (SSSR count). The molecule has 0 saturated heterocycles. The third-order valence-corrected chi connectivity index (χ3v) is 2.23. The zero-order chi connectivity index (χ0) is 12.8. The van der Waals surface area contributed by atoms with E-state index in [0.717, 1.165) is 0 Å². The van der Waals surface area contributed by atoms with E-state index in [2.05, 4.69) is 10.3 Å². The standard InChI is InChI=1S/C12H15N3O2/c1-8(7-17-3)14-12(16)11-5-4-10(6-13)9(2)15-11/h4-5,8H,7H2,1-3H3,(H,14,16)/t8-/m1/s1. The Morgan fingerprint density at radius 3 is 2.88 bits per heavy atom. The number of pyridine rings is 1. The van der Waals surface area contributed by atoms with E-state index in [9.17, 15) is 4.79 Å². The Morgan fingerprint density at radius 1 is 1.65 bits per heavy atom. The minimum atomic E-state index is -0.262. The van der Waals surface area contributed by atoms with Gasteiger partial charge in [-0.15, -0.1) is 0 Å². The zero-order valence-corrected chi connectivity index (χ0v) is 10.2. The Labute approximate surface area is 100 Å². The van der Waals surface area contributed by atoms with Crippen molar-refractivity contribution in [3.8, 4) is 6.07 Å². The maximum atomic E-state index is 11.8. The first-order valence-electron chi connectivity index (χ1n) is 5.26. The van der Waals surface area contributed by atoms with Gasteiger partial charge in [0.1, 0.15) is 11.8 Å². The Morgan fingerprint density at radius 2 is 2.35 bits per heavy atom.